The van der Waals surface area contributed by atoms with Crippen LogP contribution in [0, 0.1) is 13.8 Å². The third-order valence-electron chi connectivity index (χ3n) is 2.44. The molecule has 0 amide bonds. The number of hydrogen-bond acceptors (Lipinski definition) is 2. The molecular weight excluding hydrogens is 216 g/mol. The summed E-state index contributed by atoms with van der Waals surface area (Å²) in [6, 6.07) is 1.77. The summed E-state index contributed by atoms with van der Waals surface area (Å²) >= 11 is 0. The maximum atomic E-state index is 11.8. The highest BCUT2D eigenvalue weighted by molar-refractivity contribution is 5.77. The van der Waals surface area contributed by atoms with Crippen LogP contribution in [-0.4, -0.2) is 30.5 Å². The van der Waals surface area contributed by atoms with E-state index in [1.54, 1.807) is 6.07 Å². The van der Waals surface area contributed by atoms with Gasteiger partial charge >= 0.3 is 0 Å². The van der Waals surface area contributed by atoms with E-state index in [0.29, 0.717) is 12.1 Å². The summed E-state index contributed by atoms with van der Waals surface area (Å²) < 4.78 is 30.3. The van der Waals surface area contributed by atoms with Crippen LogP contribution in [-0.2, 0) is 11.3 Å². The van der Waals surface area contributed by atoms with E-state index in [2.05, 4.69) is 0 Å². The van der Waals surface area contributed by atoms with E-state index in [1.807, 2.05) is 18.4 Å². The number of aromatic nitrogens is 1. The van der Waals surface area contributed by atoms with Gasteiger partial charge in [0.25, 0.3) is 6.43 Å². The van der Waals surface area contributed by atoms with Gasteiger partial charge in [0, 0.05) is 23.5 Å². The third kappa shape index (κ3) is 3.13. The lowest BCUT2D eigenvalue weighted by Crippen LogP contribution is -2.12. The van der Waals surface area contributed by atoms with Gasteiger partial charge in [-0.3, -0.25) is 4.79 Å². The molecule has 0 fully saturated rings. The first kappa shape index (κ1) is 12.8. The summed E-state index contributed by atoms with van der Waals surface area (Å²) in [6.45, 7) is 3.86. The fourth-order valence-corrected chi connectivity index (χ4v) is 1.62. The van der Waals surface area contributed by atoms with Crippen LogP contribution < -0.4 is 0 Å². The highest BCUT2D eigenvalue weighted by atomic mass is 19.3. The van der Waals surface area contributed by atoms with E-state index >= 15 is 0 Å². The lowest BCUT2D eigenvalue weighted by atomic mass is 10.3. The van der Waals surface area contributed by atoms with E-state index in [0.717, 1.165) is 17.7 Å². The largest absolute Gasteiger partial charge is 0.374 e. The molecule has 0 spiro atoms. The van der Waals surface area contributed by atoms with Gasteiger partial charge in [-0.1, -0.05) is 0 Å². The van der Waals surface area contributed by atoms with Gasteiger partial charge in [-0.15, -0.1) is 0 Å². The third-order valence-corrected chi connectivity index (χ3v) is 2.44. The Morgan fingerprint density at radius 2 is 2.19 bits per heavy atom. The van der Waals surface area contributed by atoms with Crippen LogP contribution in [0.15, 0.2) is 6.07 Å². The molecule has 0 unspecified atom stereocenters. The Labute approximate surface area is 93.0 Å². The number of rotatable bonds is 6. The second-order valence-corrected chi connectivity index (χ2v) is 3.56. The molecule has 0 aliphatic carbocycles. The molecule has 0 radical (unpaired) electrons. The van der Waals surface area contributed by atoms with Gasteiger partial charge in [0.1, 0.15) is 6.61 Å². The Kier molecular flexibility index (Phi) is 4.61. The predicted octanol–water partition coefficient (Wildman–Crippen LogP) is 2.20. The van der Waals surface area contributed by atoms with Crippen molar-refractivity contribution in [2.24, 2.45) is 0 Å². The number of halogens is 2. The van der Waals surface area contributed by atoms with Crippen molar-refractivity contribution in [2.45, 2.75) is 26.8 Å². The van der Waals surface area contributed by atoms with Crippen LogP contribution in [0.25, 0.3) is 0 Å². The van der Waals surface area contributed by atoms with Gasteiger partial charge in [0.2, 0.25) is 0 Å². The number of carbonyl (C=O) groups is 1. The lowest BCUT2D eigenvalue weighted by Gasteiger charge is -2.09. The molecule has 0 N–H and O–H groups in total. The standard InChI is InChI=1S/C11H15F2NO2/c1-8-5-10(6-15)9(2)14(8)3-4-16-7-11(12)13/h5-6,11H,3-4,7H2,1-2H3. The van der Waals surface area contributed by atoms with Crippen LogP contribution in [0.5, 0.6) is 0 Å². The summed E-state index contributed by atoms with van der Waals surface area (Å²) in [4.78, 5) is 10.7. The van der Waals surface area contributed by atoms with Crippen LogP contribution in [0.4, 0.5) is 8.78 Å². The molecule has 0 aromatic carbocycles. The number of carbonyl (C=O) groups excluding carboxylic acids is 1. The molecule has 0 aliphatic heterocycles. The molecule has 0 bridgehead atoms. The van der Waals surface area contributed by atoms with Crippen molar-refractivity contribution < 1.29 is 18.3 Å². The molecule has 0 aliphatic rings. The molecule has 0 saturated carbocycles. The number of alkyl halides is 2. The Morgan fingerprint density at radius 1 is 1.50 bits per heavy atom. The SMILES string of the molecule is Cc1cc(C=O)c(C)n1CCOCC(F)F. The van der Waals surface area contributed by atoms with Crippen LogP contribution in [0.1, 0.15) is 21.7 Å². The lowest BCUT2D eigenvalue weighted by molar-refractivity contribution is 0.0146. The van der Waals surface area contributed by atoms with E-state index in [4.69, 9.17) is 4.74 Å². The minimum absolute atomic E-state index is 0.221. The molecule has 1 heterocycles. The number of aryl methyl sites for hydroxylation is 1. The normalized spacial score (nSPS) is 11.1. The van der Waals surface area contributed by atoms with Gasteiger partial charge in [-0.05, 0) is 19.9 Å². The van der Waals surface area contributed by atoms with Crippen molar-refractivity contribution in [3.05, 3.63) is 23.0 Å². The topological polar surface area (TPSA) is 31.2 Å². The molecule has 0 saturated heterocycles. The zero-order valence-electron chi connectivity index (χ0n) is 9.37. The van der Waals surface area contributed by atoms with Crippen molar-refractivity contribution >= 4 is 6.29 Å². The Bertz CT molecular complexity index is 361. The Balaban J connectivity index is 2.53. The minimum atomic E-state index is -2.43. The van der Waals surface area contributed by atoms with E-state index in [1.165, 1.54) is 0 Å². The maximum absolute atomic E-state index is 11.8. The highest BCUT2D eigenvalue weighted by Gasteiger charge is 2.08. The summed E-state index contributed by atoms with van der Waals surface area (Å²) in [5.74, 6) is 0. The van der Waals surface area contributed by atoms with Crippen molar-refractivity contribution in [1.82, 2.24) is 4.57 Å². The van der Waals surface area contributed by atoms with Crippen molar-refractivity contribution in [1.29, 1.82) is 0 Å². The maximum Gasteiger partial charge on any atom is 0.261 e. The van der Waals surface area contributed by atoms with Gasteiger partial charge < -0.3 is 9.30 Å². The van der Waals surface area contributed by atoms with E-state index < -0.39 is 13.0 Å². The first-order valence-electron chi connectivity index (χ1n) is 5.04. The quantitative estimate of drug-likeness (QED) is 0.555. The zero-order valence-corrected chi connectivity index (χ0v) is 9.37. The number of nitrogens with zero attached hydrogens (tertiary/aromatic N) is 1. The molecule has 1 rings (SSSR count). The Hall–Kier alpha value is -1.23. The zero-order chi connectivity index (χ0) is 12.1. The molecular formula is C11H15F2NO2. The fourth-order valence-electron chi connectivity index (χ4n) is 1.62. The molecule has 1 aromatic heterocycles. The average Bonchev–Trinajstić information content (AvgIpc) is 2.50. The van der Waals surface area contributed by atoms with E-state index in [9.17, 15) is 13.6 Å². The van der Waals surface area contributed by atoms with Crippen molar-refractivity contribution in [3.63, 3.8) is 0 Å². The van der Waals surface area contributed by atoms with Gasteiger partial charge in [0.15, 0.2) is 6.29 Å². The molecule has 5 heteroatoms. The highest BCUT2D eigenvalue weighted by Crippen LogP contribution is 2.12. The second-order valence-electron chi connectivity index (χ2n) is 3.56. The smallest absolute Gasteiger partial charge is 0.261 e. The second kappa shape index (κ2) is 5.75. The molecule has 3 nitrogen and oxygen atoms in total. The summed E-state index contributed by atoms with van der Waals surface area (Å²) in [5.41, 5.74) is 2.40. The Morgan fingerprint density at radius 3 is 2.69 bits per heavy atom. The predicted molar refractivity (Wildman–Crippen MR) is 56.1 cm³/mol. The van der Waals surface area contributed by atoms with Gasteiger partial charge in [-0.2, -0.15) is 0 Å². The molecule has 90 valence electrons. The van der Waals surface area contributed by atoms with Gasteiger partial charge in [0.05, 0.1) is 6.61 Å². The van der Waals surface area contributed by atoms with E-state index in [-0.39, 0.29) is 6.61 Å². The minimum Gasteiger partial charge on any atom is -0.374 e. The first-order valence-corrected chi connectivity index (χ1v) is 5.04. The summed E-state index contributed by atoms with van der Waals surface area (Å²) in [5, 5.41) is 0. The molecule has 1 aromatic rings. The number of aldehydes is 1. The van der Waals surface area contributed by atoms with Crippen molar-refractivity contribution in [3.8, 4) is 0 Å². The fraction of sp³-hybridized carbons (Fsp3) is 0.545. The monoisotopic (exact) mass is 231 g/mol. The average molecular weight is 231 g/mol. The van der Waals surface area contributed by atoms with Crippen LogP contribution >= 0.6 is 0 Å². The molecule has 0 atom stereocenters. The number of ether oxygens (including phenoxy) is 1. The van der Waals surface area contributed by atoms with Crippen LogP contribution in [0.2, 0.25) is 0 Å². The molecule has 16 heavy (non-hydrogen) atoms. The summed E-state index contributed by atoms with van der Waals surface area (Å²) in [7, 11) is 0. The van der Waals surface area contributed by atoms with Crippen molar-refractivity contribution in [2.75, 3.05) is 13.2 Å². The van der Waals surface area contributed by atoms with Crippen LogP contribution in [0.3, 0.4) is 0 Å². The first-order chi connectivity index (χ1) is 7.56. The van der Waals surface area contributed by atoms with Gasteiger partial charge in [-0.25, -0.2) is 8.78 Å². The number of hydrogen-bond donors (Lipinski definition) is 0. The summed E-state index contributed by atoms with van der Waals surface area (Å²) in [6.07, 6.45) is -1.64.